The van der Waals surface area contributed by atoms with Gasteiger partial charge in [0.15, 0.2) is 5.11 Å². The van der Waals surface area contributed by atoms with Crippen LogP contribution in [0.1, 0.15) is 29.3 Å². The summed E-state index contributed by atoms with van der Waals surface area (Å²) in [5, 5.41) is 9.56. The predicted molar refractivity (Wildman–Crippen MR) is 102 cm³/mol. The number of thiophene rings is 1. The van der Waals surface area contributed by atoms with E-state index in [1.807, 2.05) is 11.3 Å². The Balaban J connectivity index is 1.57. The Bertz CT molecular complexity index is 616. The molecule has 0 radical (unpaired) electrons. The van der Waals surface area contributed by atoms with Gasteiger partial charge >= 0.3 is 0 Å². The third-order valence-electron chi connectivity index (χ3n) is 4.40. The second-order valence-corrected chi connectivity index (χ2v) is 7.52. The first kappa shape index (κ1) is 16.4. The summed E-state index contributed by atoms with van der Waals surface area (Å²) in [6.07, 6.45) is 2.67. The number of rotatable bonds is 5. The van der Waals surface area contributed by atoms with Gasteiger partial charge in [-0.1, -0.05) is 23.8 Å². The molecule has 0 bridgehead atoms. The molecule has 1 saturated heterocycles. The molecule has 1 aromatic carbocycles. The summed E-state index contributed by atoms with van der Waals surface area (Å²) in [5.41, 5.74) is 2.29. The van der Waals surface area contributed by atoms with Gasteiger partial charge < -0.3 is 15.5 Å². The van der Waals surface area contributed by atoms with Crippen LogP contribution in [0.25, 0.3) is 0 Å². The van der Waals surface area contributed by atoms with Crippen LogP contribution in [-0.2, 0) is 0 Å². The van der Waals surface area contributed by atoms with Crippen LogP contribution in [0.5, 0.6) is 0 Å². The quantitative estimate of drug-likeness (QED) is 0.727. The number of hydrogen-bond acceptors (Lipinski definition) is 2. The van der Waals surface area contributed by atoms with E-state index in [-0.39, 0.29) is 0 Å². The lowest BCUT2D eigenvalue weighted by molar-refractivity contribution is -0.918. The monoisotopic (exact) mass is 346 g/mol. The van der Waals surface area contributed by atoms with Crippen molar-refractivity contribution in [2.24, 2.45) is 0 Å². The van der Waals surface area contributed by atoms with E-state index in [1.165, 1.54) is 36.4 Å². The molecule has 1 fully saturated rings. The molecule has 0 unspecified atom stereocenters. The SMILES string of the molecule is Cc1ccc(NC(=S)NC[C@@H](c2cccs2)[NH+]2CCCC2)cc1. The summed E-state index contributed by atoms with van der Waals surface area (Å²) in [5.74, 6) is 0. The first-order valence-electron chi connectivity index (χ1n) is 8.22. The Morgan fingerprint density at radius 2 is 1.96 bits per heavy atom. The number of nitrogens with one attached hydrogen (secondary N) is 3. The summed E-state index contributed by atoms with van der Waals surface area (Å²) in [4.78, 5) is 3.13. The van der Waals surface area contributed by atoms with Crippen LogP contribution in [0, 0.1) is 6.92 Å². The highest BCUT2D eigenvalue weighted by Gasteiger charge is 2.28. The first-order valence-corrected chi connectivity index (χ1v) is 9.50. The van der Waals surface area contributed by atoms with Gasteiger partial charge in [-0.15, -0.1) is 11.3 Å². The van der Waals surface area contributed by atoms with Crippen LogP contribution >= 0.6 is 23.6 Å². The zero-order chi connectivity index (χ0) is 16.1. The second kappa shape index (κ2) is 7.90. The van der Waals surface area contributed by atoms with Crippen molar-refractivity contribution in [2.75, 3.05) is 25.0 Å². The van der Waals surface area contributed by atoms with Gasteiger partial charge in [-0.05, 0) is 42.7 Å². The van der Waals surface area contributed by atoms with Crippen LogP contribution in [0.2, 0.25) is 0 Å². The molecule has 3 N–H and O–H groups in total. The largest absolute Gasteiger partial charge is 0.356 e. The molecule has 0 spiro atoms. The molecule has 2 aromatic rings. The minimum Gasteiger partial charge on any atom is -0.356 e. The van der Waals surface area contributed by atoms with Gasteiger partial charge in [-0.25, -0.2) is 0 Å². The minimum atomic E-state index is 0.496. The molecule has 2 heterocycles. The molecule has 1 atom stereocenters. The second-order valence-electron chi connectivity index (χ2n) is 6.13. The number of benzene rings is 1. The Labute approximate surface area is 147 Å². The maximum absolute atomic E-state index is 5.46. The Kier molecular flexibility index (Phi) is 5.65. The van der Waals surface area contributed by atoms with Crippen molar-refractivity contribution in [3.8, 4) is 0 Å². The first-order chi connectivity index (χ1) is 11.2. The maximum Gasteiger partial charge on any atom is 0.171 e. The van der Waals surface area contributed by atoms with Crippen LogP contribution in [0.4, 0.5) is 5.69 Å². The molecule has 5 heteroatoms. The summed E-state index contributed by atoms with van der Waals surface area (Å²) in [6.45, 7) is 5.50. The number of quaternary nitrogens is 1. The van der Waals surface area contributed by atoms with E-state index >= 15 is 0 Å². The van der Waals surface area contributed by atoms with E-state index in [2.05, 4.69) is 59.3 Å². The normalized spacial score (nSPS) is 16.2. The lowest BCUT2D eigenvalue weighted by atomic mass is 10.2. The van der Waals surface area contributed by atoms with Crippen LogP contribution in [0.3, 0.4) is 0 Å². The van der Waals surface area contributed by atoms with Crippen molar-refractivity contribution < 1.29 is 4.90 Å². The molecule has 0 saturated carbocycles. The standard InChI is InChI=1S/C18H23N3S2/c1-14-6-8-15(9-7-14)20-18(22)19-13-16(17-5-4-12-23-17)21-10-2-3-11-21/h4-9,12,16H,2-3,10-11,13H2,1H3,(H2,19,20,22)/p+1/t16-/m0/s1. The van der Waals surface area contributed by atoms with Gasteiger partial charge in [-0.3, -0.25) is 0 Å². The third kappa shape index (κ3) is 4.53. The molecule has 0 aliphatic carbocycles. The molecular formula is C18H24N3S2+. The average molecular weight is 347 g/mol. The lowest BCUT2D eigenvalue weighted by Gasteiger charge is -2.24. The lowest BCUT2D eigenvalue weighted by Crippen LogP contribution is -3.11. The Morgan fingerprint density at radius 1 is 1.22 bits per heavy atom. The fourth-order valence-corrected chi connectivity index (χ4v) is 4.21. The van der Waals surface area contributed by atoms with Gasteiger partial charge in [0.05, 0.1) is 24.5 Å². The van der Waals surface area contributed by atoms with Gasteiger partial charge in [0.1, 0.15) is 6.04 Å². The van der Waals surface area contributed by atoms with E-state index in [0.29, 0.717) is 11.2 Å². The molecule has 1 aliphatic rings. The minimum absolute atomic E-state index is 0.496. The molecular weight excluding hydrogens is 322 g/mol. The fraction of sp³-hybridized carbons (Fsp3) is 0.389. The number of aryl methyl sites for hydroxylation is 1. The number of anilines is 1. The smallest absolute Gasteiger partial charge is 0.171 e. The predicted octanol–water partition coefficient (Wildman–Crippen LogP) is 2.76. The zero-order valence-corrected chi connectivity index (χ0v) is 15.1. The van der Waals surface area contributed by atoms with Gasteiger partial charge in [0.25, 0.3) is 0 Å². The molecule has 3 rings (SSSR count). The fourth-order valence-electron chi connectivity index (χ4n) is 3.12. The maximum atomic E-state index is 5.46. The summed E-state index contributed by atoms with van der Waals surface area (Å²) >= 11 is 7.31. The van der Waals surface area contributed by atoms with E-state index in [4.69, 9.17) is 12.2 Å². The number of hydrogen-bond donors (Lipinski definition) is 3. The highest BCUT2D eigenvalue weighted by atomic mass is 32.1. The van der Waals surface area contributed by atoms with Crippen LogP contribution < -0.4 is 15.5 Å². The molecule has 0 amide bonds. The van der Waals surface area contributed by atoms with E-state index in [0.717, 1.165) is 12.2 Å². The Hall–Kier alpha value is -1.43. The number of thiocarbonyl (C=S) groups is 1. The van der Waals surface area contributed by atoms with Crippen molar-refractivity contribution in [3.63, 3.8) is 0 Å². The van der Waals surface area contributed by atoms with Crippen molar-refractivity contribution in [1.29, 1.82) is 0 Å². The number of likely N-dealkylation sites (tertiary alicyclic amines) is 1. The van der Waals surface area contributed by atoms with E-state index < -0.39 is 0 Å². The van der Waals surface area contributed by atoms with Crippen LogP contribution in [0.15, 0.2) is 41.8 Å². The van der Waals surface area contributed by atoms with Crippen molar-refractivity contribution in [1.82, 2.24) is 5.32 Å². The van der Waals surface area contributed by atoms with Crippen LogP contribution in [-0.4, -0.2) is 24.7 Å². The summed E-state index contributed by atoms with van der Waals surface area (Å²) in [6, 6.07) is 13.2. The van der Waals surface area contributed by atoms with Crippen molar-refractivity contribution in [3.05, 3.63) is 52.2 Å². The molecule has 122 valence electrons. The molecule has 3 nitrogen and oxygen atoms in total. The molecule has 1 aliphatic heterocycles. The summed E-state index contributed by atoms with van der Waals surface area (Å²) in [7, 11) is 0. The highest BCUT2D eigenvalue weighted by molar-refractivity contribution is 7.80. The zero-order valence-electron chi connectivity index (χ0n) is 13.5. The molecule has 23 heavy (non-hydrogen) atoms. The van der Waals surface area contributed by atoms with Crippen molar-refractivity contribution >= 4 is 34.4 Å². The Morgan fingerprint density at radius 3 is 2.61 bits per heavy atom. The average Bonchev–Trinajstić information content (AvgIpc) is 3.24. The highest BCUT2D eigenvalue weighted by Crippen LogP contribution is 2.17. The molecule has 1 aromatic heterocycles. The topological polar surface area (TPSA) is 28.5 Å². The van der Waals surface area contributed by atoms with Gasteiger partial charge in [0.2, 0.25) is 0 Å². The van der Waals surface area contributed by atoms with Gasteiger partial charge in [0, 0.05) is 18.5 Å². The van der Waals surface area contributed by atoms with E-state index in [1.54, 1.807) is 4.90 Å². The summed E-state index contributed by atoms with van der Waals surface area (Å²) < 4.78 is 0. The third-order valence-corrected chi connectivity index (χ3v) is 5.63. The van der Waals surface area contributed by atoms with Gasteiger partial charge in [-0.2, -0.15) is 0 Å². The van der Waals surface area contributed by atoms with E-state index in [9.17, 15) is 0 Å². The van der Waals surface area contributed by atoms with Crippen molar-refractivity contribution in [2.45, 2.75) is 25.8 Å².